The zero-order valence-electron chi connectivity index (χ0n) is 11.9. The molecule has 3 nitrogen and oxygen atoms in total. The van der Waals surface area contributed by atoms with E-state index >= 15 is 0 Å². The van der Waals surface area contributed by atoms with Gasteiger partial charge in [-0.05, 0) is 44.9 Å². The molecule has 0 bridgehead atoms. The number of aromatic nitrogens is 1. The van der Waals surface area contributed by atoms with Gasteiger partial charge >= 0.3 is 0 Å². The molecule has 19 heavy (non-hydrogen) atoms. The first-order chi connectivity index (χ1) is 9.15. The fraction of sp³-hybridized carbons (Fsp3) is 0.667. The number of hydrogen-bond donors (Lipinski definition) is 1. The maximum atomic E-state index is 13.2. The van der Waals surface area contributed by atoms with Crippen LogP contribution in [0.25, 0.3) is 0 Å². The number of nitrogens with zero attached hydrogens (tertiary/aromatic N) is 2. The lowest BCUT2D eigenvalue weighted by Gasteiger charge is -2.33. The Bertz CT molecular complexity index is 389. The summed E-state index contributed by atoms with van der Waals surface area (Å²) in [4.78, 5) is 6.31. The maximum absolute atomic E-state index is 13.2. The van der Waals surface area contributed by atoms with Crippen molar-refractivity contribution < 1.29 is 4.39 Å². The first-order valence-corrected chi connectivity index (χ1v) is 7.22. The van der Waals surface area contributed by atoms with Gasteiger partial charge in [0.2, 0.25) is 0 Å². The zero-order valence-corrected chi connectivity index (χ0v) is 11.9. The minimum Gasteiger partial charge on any atom is -0.313 e. The molecule has 1 unspecified atom stereocenters. The Hall–Kier alpha value is -1.00. The summed E-state index contributed by atoms with van der Waals surface area (Å²) in [6, 6.07) is 2.60. The Morgan fingerprint density at radius 2 is 2.26 bits per heavy atom. The molecule has 2 rings (SSSR count). The second-order valence-electron chi connectivity index (χ2n) is 5.68. The molecule has 1 aliphatic heterocycles. The first-order valence-electron chi connectivity index (χ1n) is 7.22. The molecular weight excluding hydrogens is 241 g/mol. The number of nitrogens with one attached hydrogen (secondary N) is 1. The van der Waals surface area contributed by atoms with Crippen molar-refractivity contribution in [1.29, 1.82) is 0 Å². The van der Waals surface area contributed by atoms with Crippen molar-refractivity contribution in [1.82, 2.24) is 15.2 Å². The molecule has 1 aromatic heterocycles. The minimum absolute atomic E-state index is 0.253. The van der Waals surface area contributed by atoms with Crippen LogP contribution in [0.4, 0.5) is 4.39 Å². The van der Waals surface area contributed by atoms with Crippen molar-refractivity contribution in [3.63, 3.8) is 0 Å². The van der Waals surface area contributed by atoms with E-state index in [2.05, 4.69) is 29.0 Å². The van der Waals surface area contributed by atoms with Gasteiger partial charge in [0.1, 0.15) is 5.82 Å². The van der Waals surface area contributed by atoms with Crippen molar-refractivity contribution in [3.8, 4) is 0 Å². The van der Waals surface area contributed by atoms with Gasteiger partial charge < -0.3 is 5.32 Å². The van der Waals surface area contributed by atoms with E-state index in [1.807, 2.05) is 0 Å². The lowest BCUT2D eigenvalue weighted by atomic mass is 10.0. The van der Waals surface area contributed by atoms with Crippen LogP contribution in [0, 0.1) is 5.82 Å². The van der Waals surface area contributed by atoms with E-state index in [1.165, 1.54) is 25.5 Å². The van der Waals surface area contributed by atoms with Gasteiger partial charge in [0.15, 0.2) is 0 Å². The molecule has 2 heterocycles. The van der Waals surface area contributed by atoms with E-state index in [1.54, 1.807) is 12.3 Å². The highest BCUT2D eigenvalue weighted by molar-refractivity contribution is 5.10. The molecule has 1 fully saturated rings. The zero-order chi connectivity index (χ0) is 13.7. The molecule has 1 N–H and O–H groups in total. The number of pyridine rings is 1. The van der Waals surface area contributed by atoms with Crippen LogP contribution in [0.15, 0.2) is 18.5 Å². The average Bonchev–Trinajstić information content (AvgIpc) is 2.39. The number of halogens is 1. The van der Waals surface area contributed by atoms with Gasteiger partial charge in [-0.2, -0.15) is 0 Å². The van der Waals surface area contributed by atoms with E-state index in [9.17, 15) is 4.39 Å². The van der Waals surface area contributed by atoms with Crippen LogP contribution < -0.4 is 5.32 Å². The smallest absolute Gasteiger partial charge is 0.141 e. The molecule has 0 aliphatic carbocycles. The third-order valence-electron chi connectivity index (χ3n) is 3.74. The molecule has 106 valence electrons. The molecule has 1 saturated heterocycles. The third kappa shape index (κ3) is 4.55. The van der Waals surface area contributed by atoms with E-state index in [-0.39, 0.29) is 5.82 Å². The first kappa shape index (κ1) is 14.4. The molecule has 0 spiro atoms. The van der Waals surface area contributed by atoms with Gasteiger partial charge in [-0.15, -0.1) is 0 Å². The number of hydrogen-bond acceptors (Lipinski definition) is 3. The monoisotopic (exact) mass is 265 g/mol. The Labute approximate surface area is 115 Å². The highest BCUT2D eigenvalue weighted by Crippen LogP contribution is 2.13. The maximum Gasteiger partial charge on any atom is 0.141 e. The predicted molar refractivity (Wildman–Crippen MR) is 75.4 cm³/mol. The summed E-state index contributed by atoms with van der Waals surface area (Å²) in [6.45, 7) is 7.29. The lowest BCUT2D eigenvalue weighted by molar-refractivity contribution is 0.177. The molecule has 1 aromatic rings. The number of rotatable bonds is 5. The molecule has 4 heteroatoms. The van der Waals surface area contributed by atoms with Crippen LogP contribution in [-0.2, 0) is 6.54 Å². The summed E-state index contributed by atoms with van der Waals surface area (Å²) >= 11 is 0. The topological polar surface area (TPSA) is 28.2 Å². The van der Waals surface area contributed by atoms with Crippen molar-refractivity contribution >= 4 is 0 Å². The van der Waals surface area contributed by atoms with E-state index in [0.717, 1.165) is 25.2 Å². The molecule has 0 amide bonds. The standard InChI is InChI=1S/C15H24FN3/c1-12(2)19(11-15-5-3-4-6-18-15)10-13-7-14(16)9-17-8-13/h7-9,12,15,18H,3-6,10-11H2,1-2H3. The summed E-state index contributed by atoms with van der Waals surface area (Å²) < 4.78 is 13.2. The fourth-order valence-electron chi connectivity index (χ4n) is 2.60. The molecule has 0 saturated carbocycles. The Kier molecular flexibility index (Phi) is 5.28. The third-order valence-corrected chi connectivity index (χ3v) is 3.74. The second kappa shape index (κ2) is 6.96. The summed E-state index contributed by atoms with van der Waals surface area (Å²) in [5.41, 5.74) is 0.949. The van der Waals surface area contributed by atoms with Crippen molar-refractivity contribution in [2.45, 2.75) is 51.7 Å². The second-order valence-corrected chi connectivity index (χ2v) is 5.68. The summed E-state index contributed by atoms with van der Waals surface area (Å²) in [6.07, 6.45) is 6.85. The van der Waals surface area contributed by atoms with Gasteiger partial charge in [-0.1, -0.05) is 6.42 Å². The molecule has 1 atom stereocenters. The van der Waals surface area contributed by atoms with Crippen LogP contribution >= 0.6 is 0 Å². The van der Waals surface area contributed by atoms with Gasteiger partial charge in [0.25, 0.3) is 0 Å². The summed E-state index contributed by atoms with van der Waals surface area (Å²) in [5, 5.41) is 3.57. The van der Waals surface area contributed by atoms with Crippen LogP contribution in [0.1, 0.15) is 38.7 Å². The fourth-order valence-corrected chi connectivity index (χ4v) is 2.60. The SMILES string of the molecule is CC(C)N(Cc1cncc(F)c1)CC1CCCCN1. The van der Waals surface area contributed by atoms with Crippen molar-refractivity contribution in [2.24, 2.45) is 0 Å². The molecule has 0 aromatic carbocycles. The van der Waals surface area contributed by atoms with Crippen molar-refractivity contribution in [2.75, 3.05) is 13.1 Å². The molecule has 0 radical (unpaired) electrons. The highest BCUT2D eigenvalue weighted by atomic mass is 19.1. The number of piperidine rings is 1. The van der Waals surface area contributed by atoms with Gasteiger partial charge in [-0.3, -0.25) is 9.88 Å². The largest absolute Gasteiger partial charge is 0.313 e. The predicted octanol–water partition coefficient (Wildman–Crippen LogP) is 2.57. The van der Waals surface area contributed by atoms with E-state index in [4.69, 9.17) is 0 Å². The lowest BCUT2D eigenvalue weighted by Crippen LogP contribution is -2.45. The van der Waals surface area contributed by atoms with Crippen LogP contribution in [0.5, 0.6) is 0 Å². The Morgan fingerprint density at radius 3 is 2.89 bits per heavy atom. The van der Waals surface area contributed by atoms with Crippen molar-refractivity contribution in [3.05, 3.63) is 29.8 Å². The van der Waals surface area contributed by atoms with E-state index in [0.29, 0.717) is 12.1 Å². The van der Waals surface area contributed by atoms with Gasteiger partial charge in [0.05, 0.1) is 6.20 Å². The Morgan fingerprint density at radius 1 is 1.42 bits per heavy atom. The summed E-state index contributed by atoms with van der Waals surface area (Å²) in [5.74, 6) is -0.253. The quantitative estimate of drug-likeness (QED) is 0.887. The van der Waals surface area contributed by atoms with E-state index < -0.39 is 0 Å². The van der Waals surface area contributed by atoms with Crippen LogP contribution in [0.3, 0.4) is 0 Å². The van der Waals surface area contributed by atoms with Crippen LogP contribution in [-0.4, -0.2) is 35.1 Å². The molecule has 1 aliphatic rings. The summed E-state index contributed by atoms with van der Waals surface area (Å²) in [7, 11) is 0. The van der Waals surface area contributed by atoms with Gasteiger partial charge in [0, 0.05) is 31.4 Å². The Balaban J connectivity index is 1.95. The van der Waals surface area contributed by atoms with Gasteiger partial charge in [-0.25, -0.2) is 4.39 Å². The van der Waals surface area contributed by atoms with Crippen LogP contribution in [0.2, 0.25) is 0 Å². The minimum atomic E-state index is -0.253. The highest BCUT2D eigenvalue weighted by Gasteiger charge is 2.18. The molecular formula is C15H24FN3. The average molecular weight is 265 g/mol. The normalized spacial score (nSPS) is 20.2.